The van der Waals surface area contributed by atoms with Gasteiger partial charge in [-0.15, -0.1) is 11.3 Å². The molecule has 0 bridgehead atoms. The van der Waals surface area contributed by atoms with Crippen LogP contribution < -0.4 is 4.74 Å². The highest BCUT2D eigenvalue weighted by molar-refractivity contribution is 7.18. The van der Waals surface area contributed by atoms with Gasteiger partial charge in [-0.05, 0) is 25.1 Å². The molecule has 0 aliphatic heterocycles. The second-order valence-corrected chi connectivity index (χ2v) is 5.06. The molecule has 2 rings (SSSR count). The van der Waals surface area contributed by atoms with Crippen LogP contribution in [0.15, 0.2) is 24.4 Å². The van der Waals surface area contributed by atoms with Gasteiger partial charge < -0.3 is 4.74 Å². The molecular weight excluding hydrogens is 277 g/mol. The number of ketones is 1. The van der Waals surface area contributed by atoms with Gasteiger partial charge in [0.15, 0.2) is 5.82 Å². The SMILES string of the molecule is CCOc1nccc(C(=O)c2ccc(Cl)s2)c1F. The van der Waals surface area contributed by atoms with Crippen LogP contribution in [0.25, 0.3) is 0 Å². The van der Waals surface area contributed by atoms with Crippen LogP contribution >= 0.6 is 22.9 Å². The number of rotatable bonds is 4. The highest BCUT2D eigenvalue weighted by Gasteiger charge is 2.19. The summed E-state index contributed by atoms with van der Waals surface area (Å²) in [4.78, 5) is 16.2. The van der Waals surface area contributed by atoms with Crippen LogP contribution in [0, 0.1) is 5.82 Å². The van der Waals surface area contributed by atoms with Crippen molar-refractivity contribution in [1.82, 2.24) is 4.98 Å². The molecule has 0 spiro atoms. The number of carbonyl (C=O) groups excluding carboxylic acids is 1. The molecule has 0 fully saturated rings. The minimum atomic E-state index is -0.742. The van der Waals surface area contributed by atoms with E-state index in [1.54, 1.807) is 19.1 Å². The summed E-state index contributed by atoms with van der Waals surface area (Å²) < 4.78 is 19.5. The van der Waals surface area contributed by atoms with Gasteiger partial charge in [-0.25, -0.2) is 9.37 Å². The van der Waals surface area contributed by atoms with Crippen LogP contribution in [0.3, 0.4) is 0 Å². The first-order valence-corrected chi connectivity index (χ1v) is 6.40. The average molecular weight is 286 g/mol. The molecule has 0 amide bonds. The van der Waals surface area contributed by atoms with Gasteiger partial charge in [-0.2, -0.15) is 0 Å². The fourth-order valence-electron chi connectivity index (χ4n) is 1.41. The summed E-state index contributed by atoms with van der Waals surface area (Å²) in [5, 5.41) is 0. The molecule has 0 aliphatic rings. The minimum absolute atomic E-state index is 0.0630. The van der Waals surface area contributed by atoms with Crippen molar-refractivity contribution in [3.8, 4) is 5.88 Å². The first-order valence-electron chi connectivity index (χ1n) is 5.20. The van der Waals surface area contributed by atoms with Crippen molar-refractivity contribution in [2.24, 2.45) is 0 Å². The summed E-state index contributed by atoms with van der Waals surface area (Å²) in [6, 6.07) is 4.49. The molecule has 0 aromatic carbocycles. The zero-order valence-electron chi connectivity index (χ0n) is 9.44. The molecule has 2 aromatic rings. The molecule has 18 heavy (non-hydrogen) atoms. The third kappa shape index (κ3) is 2.52. The largest absolute Gasteiger partial charge is 0.476 e. The Balaban J connectivity index is 2.39. The molecule has 0 unspecified atom stereocenters. The minimum Gasteiger partial charge on any atom is -0.476 e. The lowest BCUT2D eigenvalue weighted by atomic mass is 10.1. The predicted molar refractivity (Wildman–Crippen MR) is 68.1 cm³/mol. The normalized spacial score (nSPS) is 10.4. The Morgan fingerprint density at radius 1 is 1.50 bits per heavy atom. The van der Waals surface area contributed by atoms with E-state index >= 15 is 0 Å². The monoisotopic (exact) mass is 285 g/mol. The maximum Gasteiger partial charge on any atom is 0.251 e. The van der Waals surface area contributed by atoms with E-state index in [0.29, 0.717) is 9.21 Å². The molecule has 3 nitrogen and oxygen atoms in total. The van der Waals surface area contributed by atoms with E-state index in [4.69, 9.17) is 16.3 Å². The summed E-state index contributed by atoms with van der Waals surface area (Å²) in [5.41, 5.74) is -0.0630. The fourth-order valence-corrected chi connectivity index (χ4v) is 2.40. The second kappa shape index (κ2) is 5.46. The Labute approximate surface area is 112 Å². The van der Waals surface area contributed by atoms with Crippen LogP contribution in [0.1, 0.15) is 22.2 Å². The molecule has 0 saturated heterocycles. The number of hydrogen-bond donors (Lipinski definition) is 0. The van der Waals surface area contributed by atoms with Gasteiger partial charge in [0.05, 0.1) is 21.4 Å². The van der Waals surface area contributed by atoms with E-state index in [1.165, 1.54) is 12.3 Å². The molecular formula is C12H9ClFNO2S. The first kappa shape index (κ1) is 13.0. The van der Waals surface area contributed by atoms with E-state index in [1.807, 2.05) is 0 Å². The Morgan fingerprint density at radius 2 is 2.28 bits per heavy atom. The Bertz CT molecular complexity index is 585. The molecule has 0 atom stereocenters. The topological polar surface area (TPSA) is 39.2 Å². The Morgan fingerprint density at radius 3 is 2.89 bits per heavy atom. The summed E-state index contributed by atoms with van der Waals surface area (Å²) in [6.45, 7) is 2.00. The van der Waals surface area contributed by atoms with Crippen molar-refractivity contribution in [2.45, 2.75) is 6.92 Å². The standard InChI is InChI=1S/C12H9ClFNO2S/c1-2-17-12-10(14)7(5-6-15-12)11(16)8-3-4-9(13)18-8/h3-6H,2H2,1H3. The van der Waals surface area contributed by atoms with E-state index in [9.17, 15) is 9.18 Å². The van der Waals surface area contributed by atoms with Crippen molar-refractivity contribution in [2.75, 3.05) is 6.61 Å². The number of carbonyl (C=O) groups is 1. The molecule has 0 radical (unpaired) electrons. The van der Waals surface area contributed by atoms with Gasteiger partial charge in [0.2, 0.25) is 5.78 Å². The lowest BCUT2D eigenvalue weighted by Gasteiger charge is -2.05. The highest BCUT2D eigenvalue weighted by atomic mass is 35.5. The lowest BCUT2D eigenvalue weighted by Crippen LogP contribution is -2.06. The lowest BCUT2D eigenvalue weighted by molar-refractivity contribution is 0.103. The van der Waals surface area contributed by atoms with Crippen molar-refractivity contribution in [3.63, 3.8) is 0 Å². The van der Waals surface area contributed by atoms with Gasteiger partial charge in [0, 0.05) is 6.20 Å². The van der Waals surface area contributed by atoms with Crippen molar-refractivity contribution in [3.05, 3.63) is 45.0 Å². The van der Waals surface area contributed by atoms with E-state index in [-0.39, 0.29) is 18.1 Å². The smallest absolute Gasteiger partial charge is 0.251 e. The predicted octanol–water partition coefficient (Wildman–Crippen LogP) is 3.57. The molecule has 0 N–H and O–H groups in total. The third-order valence-electron chi connectivity index (χ3n) is 2.18. The fraction of sp³-hybridized carbons (Fsp3) is 0.167. The van der Waals surface area contributed by atoms with E-state index in [2.05, 4.69) is 4.98 Å². The number of halogens is 2. The molecule has 2 heterocycles. The summed E-state index contributed by atoms with van der Waals surface area (Å²) >= 11 is 6.85. The highest BCUT2D eigenvalue weighted by Crippen LogP contribution is 2.26. The van der Waals surface area contributed by atoms with Gasteiger partial charge >= 0.3 is 0 Å². The van der Waals surface area contributed by atoms with E-state index in [0.717, 1.165) is 11.3 Å². The number of nitrogens with zero attached hydrogens (tertiary/aromatic N) is 1. The zero-order valence-corrected chi connectivity index (χ0v) is 11.0. The number of aromatic nitrogens is 1. The molecule has 6 heteroatoms. The number of thiophene rings is 1. The molecule has 94 valence electrons. The maximum absolute atomic E-state index is 14.0. The maximum atomic E-state index is 14.0. The van der Waals surface area contributed by atoms with Crippen LogP contribution in [0.4, 0.5) is 4.39 Å². The van der Waals surface area contributed by atoms with Crippen LogP contribution in [-0.2, 0) is 0 Å². The summed E-state index contributed by atoms with van der Waals surface area (Å²) in [5.74, 6) is -1.33. The third-order valence-corrected chi connectivity index (χ3v) is 3.41. The Kier molecular flexibility index (Phi) is 3.93. The van der Waals surface area contributed by atoms with Crippen LogP contribution in [0.5, 0.6) is 5.88 Å². The number of pyridine rings is 1. The van der Waals surface area contributed by atoms with Crippen LogP contribution in [-0.4, -0.2) is 17.4 Å². The van der Waals surface area contributed by atoms with Crippen molar-refractivity contribution in [1.29, 1.82) is 0 Å². The van der Waals surface area contributed by atoms with Crippen molar-refractivity contribution >= 4 is 28.7 Å². The second-order valence-electron chi connectivity index (χ2n) is 3.34. The first-order chi connectivity index (χ1) is 8.63. The quantitative estimate of drug-likeness (QED) is 0.806. The van der Waals surface area contributed by atoms with Crippen molar-refractivity contribution < 1.29 is 13.9 Å². The molecule has 0 saturated carbocycles. The van der Waals surface area contributed by atoms with Crippen LogP contribution in [0.2, 0.25) is 4.34 Å². The molecule has 0 aliphatic carbocycles. The molecule has 2 aromatic heterocycles. The van der Waals surface area contributed by atoms with Gasteiger partial charge in [0.25, 0.3) is 5.88 Å². The average Bonchev–Trinajstić information content (AvgIpc) is 2.78. The summed E-state index contributed by atoms with van der Waals surface area (Å²) in [6.07, 6.45) is 1.34. The summed E-state index contributed by atoms with van der Waals surface area (Å²) in [7, 11) is 0. The van der Waals surface area contributed by atoms with Gasteiger partial charge in [-0.1, -0.05) is 11.6 Å². The number of hydrogen-bond acceptors (Lipinski definition) is 4. The van der Waals surface area contributed by atoms with Gasteiger partial charge in [-0.3, -0.25) is 4.79 Å². The zero-order chi connectivity index (χ0) is 13.1. The van der Waals surface area contributed by atoms with E-state index < -0.39 is 11.6 Å². The number of ether oxygens (including phenoxy) is 1. The Hall–Kier alpha value is -1.46. The van der Waals surface area contributed by atoms with Gasteiger partial charge in [0.1, 0.15) is 0 Å².